The van der Waals surface area contributed by atoms with E-state index in [0.29, 0.717) is 6.54 Å². The quantitative estimate of drug-likeness (QED) is 0.519. The van der Waals surface area contributed by atoms with Crippen LogP contribution in [0.4, 0.5) is 0 Å². The van der Waals surface area contributed by atoms with Crippen LogP contribution in [-0.2, 0) is 14.3 Å². The third-order valence-electron chi connectivity index (χ3n) is 2.20. The Morgan fingerprint density at radius 1 is 1.31 bits per heavy atom. The number of likely N-dealkylation sites (N-methyl/N-ethyl adjacent to an activating group) is 1. The molecule has 0 atom stereocenters. The number of carbonyl (C=O) groups is 2. The molecule has 0 aromatic carbocycles. The Morgan fingerprint density at radius 3 is 2.31 bits per heavy atom. The Morgan fingerprint density at radius 2 is 1.88 bits per heavy atom. The van der Waals surface area contributed by atoms with Gasteiger partial charge in [-0.25, -0.2) is 9.59 Å². The van der Waals surface area contributed by atoms with Crippen LogP contribution in [0.25, 0.3) is 0 Å². The zero-order chi connectivity index (χ0) is 12.6. The van der Waals surface area contributed by atoms with Crippen LogP contribution in [0.3, 0.4) is 0 Å². The topological polar surface area (TPSA) is 66.8 Å². The van der Waals surface area contributed by atoms with Crippen LogP contribution >= 0.6 is 0 Å². The normalized spacial score (nSPS) is 11.6. The summed E-state index contributed by atoms with van der Waals surface area (Å²) in [7, 11) is 0. The molecular formula is C11H19NO4. The monoisotopic (exact) mass is 229 g/mol. The molecule has 0 aliphatic heterocycles. The lowest BCUT2D eigenvalue weighted by Crippen LogP contribution is -2.28. The molecule has 16 heavy (non-hydrogen) atoms. The van der Waals surface area contributed by atoms with Gasteiger partial charge >= 0.3 is 11.9 Å². The van der Waals surface area contributed by atoms with E-state index in [1.54, 1.807) is 0 Å². The standard InChI is InChI=1S/C11H19NO4/c1-4-12(5-2)6-7-16-11(15)9(3)8-10(13)14/h8H,4-7H2,1-3H3,(H,13,14)/b9-8+. The van der Waals surface area contributed by atoms with Crippen molar-refractivity contribution in [3.05, 3.63) is 11.6 Å². The van der Waals surface area contributed by atoms with Crippen LogP contribution in [0.1, 0.15) is 20.8 Å². The molecule has 0 rings (SSSR count). The van der Waals surface area contributed by atoms with Gasteiger partial charge in [-0.2, -0.15) is 0 Å². The van der Waals surface area contributed by atoms with Crippen molar-refractivity contribution in [2.24, 2.45) is 0 Å². The third kappa shape index (κ3) is 6.19. The van der Waals surface area contributed by atoms with Crippen LogP contribution in [0, 0.1) is 0 Å². The number of carboxylic acids is 1. The van der Waals surface area contributed by atoms with Crippen molar-refractivity contribution in [2.45, 2.75) is 20.8 Å². The van der Waals surface area contributed by atoms with E-state index in [4.69, 9.17) is 9.84 Å². The fourth-order valence-corrected chi connectivity index (χ4v) is 1.17. The molecule has 0 saturated carbocycles. The second-order valence-corrected chi connectivity index (χ2v) is 3.33. The number of aliphatic carboxylic acids is 1. The highest BCUT2D eigenvalue weighted by Crippen LogP contribution is 1.97. The number of esters is 1. The van der Waals surface area contributed by atoms with Crippen molar-refractivity contribution in [1.82, 2.24) is 4.90 Å². The van der Waals surface area contributed by atoms with Crippen LogP contribution < -0.4 is 0 Å². The van der Waals surface area contributed by atoms with E-state index in [-0.39, 0.29) is 12.2 Å². The van der Waals surface area contributed by atoms with Crippen LogP contribution in [0.15, 0.2) is 11.6 Å². The summed E-state index contributed by atoms with van der Waals surface area (Å²) in [5.41, 5.74) is 0.104. The van der Waals surface area contributed by atoms with Crippen molar-refractivity contribution in [2.75, 3.05) is 26.2 Å². The van der Waals surface area contributed by atoms with E-state index in [9.17, 15) is 9.59 Å². The molecule has 0 radical (unpaired) electrons. The summed E-state index contributed by atoms with van der Waals surface area (Å²) in [5.74, 6) is -1.72. The summed E-state index contributed by atoms with van der Waals surface area (Å²) in [4.78, 5) is 23.7. The van der Waals surface area contributed by atoms with Crippen molar-refractivity contribution < 1.29 is 19.4 Å². The fraction of sp³-hybridized carbons (Fsp3) is 0.636. The first kappa shape index (κ1) is 14.6. The smallest absolute Gasteiger partial charge is 0.334 e. The number of carboxylic acid groups (broad SMARTS) is 1. The van der Waals surface area contributed by atoms with Gasteiger partial charge in [-0.15, -0.1) is 0 Å². The lowest BCUT2D eigenvalue weighted by molar-refractivity contribution is -0.140. The lowest BCUT2D eigenvalue weighted by Gasteiger charge is -2.17. The third-order valence-corrected chi connectivity index (χ3v) is 2.20. The number of rotatable bonds is 7. The number of ether oxygens (including phenoxy) is 1. The summed E-state index contributed by atoms with van der Waals surface area (Å²) < 4.78 is 4.93. The molecule has 1 N–H and O–H groups in total. The molecular weight excluding hydrogens is 210 g/mol. The number of hydrogen-bond donors (Lipinski definition) is 1. The van der Waals surface area contributed by atoms with Crippen LogP contribution in [0.2, 0.25) is 0 Å². The maximum atomic E-state index is 11.3. The van der Waals surface area contributed by atoms with Gasteiger partial charge in [0, 0.05) is 18.2 Å². The first-order valence-corrected chi connectivity index (χ1v) is 5.31. The van der Waals surface area contributed by atoms with Crippen molar-refractivity contribution in [1.29, 1.82) is 0 Å². The molecule has 0 fully saturated rings. The second kappa shape index (κ2) is 7.87. The van der Waals surface area contributed by atoms with Gasteiger partial charge in [-0.05, 0) is 20.0 Å². The zero-order valence-electron chi connectivity index (χ0n) is 10.0. The van der Waals surface area contributed by atoms with E-state index >= 15 is 0 Å². The van der Waals surface area contributed by atoms with E-state index < -0.39 is 11.9 Å². The highest BCUT2D eigenvalue weighted by Gasteiger charge is 2.08. The van der Waals surface area contributed by atoms with E-state index in [1.165, 1.54) is 6.92 Å². The molecule has 5 nitrogen and oxygen atoms in total. The summed E-state index contributed by atoms with van der Waals surface area (Å²) in [5, 5.41) is 8.43. The van der Waals surface area contributed by atoms with Crippen LogP contribution in [0.5, 0.6) is 0 Å². The van der Waals surface area contributed by atoms with E-state index in [0.717, 1.165) is 19.2 Å². The van der Waals surface area contributed by atoms with Gasteiger partial charge in [0.2, 0.25) is 0 Å². The van der Waals surface area contributed by atoms with E-state index in [1.807, 2.05) is 13.8 Å². The summed E-state index contributed by atoms with van der Waals surface area (Å²) in [6, 6.07) is 0. The highest BCUT2D eigenvalue weighted by molar-refractivity contribution is 5.95. The molecule has 0 heterocycles. The Hall–Kier alpha value is -1.36. The molecule has 92 valence electrons. The minimum Gasteiger partial charge on any atom is -0.478 e. The van der Waals surface area contributed by atoms with Gasteiger partial charge in [-0.1, -0.05) is 13.8 Å². The number of nitrogens with zero attached hydrogens (tertiary/aromatic N) is 1. The van der Waals surface area contributed by atoms with Gasteiger partial charge in [0.15, 0.2) is 0 Å². The van der Waals surface area contributed by atoms with Gasteiger partial charge in [0.1, 0.15) is 6.61 Å². The second-order valence-electron chi connectivity index (χ2n) is 3.33. The minimum atomic E-state index is -1.14. The SMILES string of the molecule is CCN(CC)CCOC(=O)/C(C)=C/C(=O)O. The highest BCUT2D eigenvalue weighted by atomic mass is 16.5. The Labute approximate surface area is 95.7 Å². The Kier molecular flexibility index (Phi) is 7.20. The first-order valence-electron chi connectivity index (χ1n) is 5.31. The predicted molar refractivity (Wildman–Crippen MR) is 60.1 cm³/mol. The van der Waals surface area contributed by atoms with Gasteiger partial charge in [0.05, 0.1) is 0 Å². The summed E-state index contributed by atoms with van der Waals surface area (Å²) in [6.45, 7) is 8.23. The maximum absolute atomic E-state index is 11.3. The molecule has 0 unspecified atom stereocenters. The molecule has 0 amide bonds. The van der Waals surface area contributed by atoms with E-state index in [2.05, 4.69) is 4.90 Å². The predicted octanol–water partition coefficient (Wildman–Crippen LogP) is 0.902. The van der Waals surface area contributed by atoms with Crippen molar-refractivity contribution >= 4 is 11.9 Å². The molecule has 0 bridgehead atoms. The minimum absolute atomic E-state index is 0.104. The summed E-state index contributed by atoms with van der Waals surface area (Å²) in [6.07, 6.45) is 0.847. The maximum Gasteiger partial charge on any atom is 0.334 e. The molecule has 0 spiro atoms. The molecule has 0 aromatic rings. The largest absolute Gasteiger partial charge is 0.478 e. The van der Waals surface area contributed by atoms with Crippen LogP contribution in [-0.4, -0.2) is 48.2 Å². The van der Waals surface area contributed by atoms with Crippen molar-refractivity contribution in [3.63, 3.8) is 0 Å². The fourth-order valence-electron chi connectivity index (χ4n) is 1.17. The first-order chi connectivity index (χ1) is 7.51. The average Bonchev–Trinajstić information content (AvgIpc) is 2.23. The zero-order valence-corrected chi connectivity index (χ0v) is 10.0. The van der Waals surface area contributed by atoms with Gasteiger partial charge < -0.3 is 14.7 Å². The lowest BCUT2D eigenvalue weighted by atomic mass is 10.3. The van der Waals surface area contributed by atoms with Gasteiger partial charge in [0.25, 0.3) is 0 Å². The Bertz CT molecular complexity index is 269. The molecule has 0 aromatic heterocycles. The van der Waals surface area contributed by atoms with Gasteiger partial charge in [-0.3, -0.25) is 0 Å². The molecule has 0 aliphatic carbocycles. The average molecular weight is 229 g/mol. The Balaban J connectivity index is 3.94. The number of carbonyl (C=O) groups excluding carboxylic acids is 1. The summed E-state index contributed by atoms with van der Waals surface area (Å²) >= 11 is 0. The molecule has 0 saturated heterocycles. The van der Waals surface area contributed by atoms with Crippen molar-refractivity contribution in [3.8, 4) is 0 Å². The molecule has 5 heteroatoms. The number of hydrogen-bond acceptors (Lipinski definition) is 4. The molecule has 0 aliphatic rings.